The fourth-order valence-electron chi connectivity index (χ4n) is 3.75. The third-order valence-corrected chi connectivity index (χ3v) is 5.42. The number of hydrogen-bond donors (Lipinski definition) is 2. The summed E-state index contributed by atoms with van der Waals surface area (Å²) in [4.78, 5) is 29.8. The van der Waals surface area contributed by atoms with Gasteiger partial charge in [0, 0.05) is 44.0 Å². The van der Waals surface area contributed by atoms with Crippen LogP contribution in [0.1, 0.15) is 63.7 Å². The lowest BCUT2D eigenvalue weighted by Crippen LogP contribution is -2.36. The number of carbonyl (C=O) groups excluding carboxylic acids is 2. The highest BCUT2D eigenvalue weighted by atomic mass is 16.2. The second-order valence-corrected chi connectivity index (χ2v) is 8.21. The molecule has 1 saturated heterocycles. The van der Waals surface area contributed by atoms with Crippen LogP contribution in [0.4, 0.5) is 11.4 Å². The summed E-state index contributed by atoms with van der Waals surface area (Å²) in [6.45, 7) is 13.6. The van der Waals surface area contributed by atoms with Crippen LogP contribution >= 0.6 is 0 Å². The Morgan fingerprint density at radius 1 is 1.10 bits per heavy atom. The van der Waals surface area contributed by atoms with Crippen LogP contribution in [-0.2, 0) is 4.79 Å². The van der Waals surface area contributed by atoms with E-state index in [1.807, 2.05) is 32.0 Å². The van der Waals surface area contributed by atoms with Gasteiger partial charge in [0.15, 0.2) is 0 Å². The third-order valence-electron chi connectivity index (χ3n) is 5.42. The lowest BCUT2D eigenvalue weighted by Gasteiger charge is -2.30. The number of piperidine rings is 1. The van der Waals surface area contributed by atoms with Crippen molar-refractivity contribution in [2.75, 3.05) is 49.5 Å². The van der Waals surface area contributed by atoms with E-state index in [1.54, 1.807) is 0 Å². The molecule has 0 aromatic heterocycles. The number of rotatable bonds is 10. The molecular weight excluding hydrogens is 364 g/mol. The highest BCUT2D eigenvalue weighted by Gasteiger charge is 2.20. The van der Waals surface area contributed by atoms with E-state index in [4.69, 9.17) is 0 Å². The number of hydrogen-bond acceptors (Lipinski definition) is 4. The molecule has 6 heteroatoms. The molecule has 29 heavy (non-hydrogen) atoms. The molecule has 162 valence electrons. The normalized spacial score (nSPS) is 14.3. The van der Waals surface area contributed by atoms with Crippen LogP contribution < -0.4 is 15.5 Å². The second kappa shape index (κ2) is 11.8. The van der Waals surface area contributed by atoms with Crippen LogP contribution in [0, 0.1) is 5.92 Å². The van der Waals surface area contributed by atoms with Crippen molar-refractivity contribution in [2.24, 2.45) is 5.92 Å². The first kappa shape index (κ1) is 23.2. The van der Waals surface area contributed by atoms with Gasteiger partial charge in [-0.1, -0.05) is 27.7 Å². The van der Waals surface area contributed by atoms with E-state index >= 15 is 0 Å². The van der Waals surface area contributed by atoms with Crippen LogP contribution in [0.25, 0.3) is 0 Å². The monoisotopic (exact) mass is 402 g/mol. The molecule has 1 fully saturated rings. The molecule has 2 amide bonds. The molecule has 1 aliphatic heterocycles. The number of anilines is 2. The summed E-state index contributed by atoms with van der Waals surface area (Å²) < 4.78 is 0. The minimum atomic E-state index is -0.0716. The maximum Gasteiger partial charge on any atom is 0.253 e. The van der Waals surface area contributed by atoms with Gasteiger partial charge in [-0.2, -0.15) is 0 Å². The van der Waals surface area contributed by atoms with Gasteiger partial charge in [-0.05, 0) is 56.5 Å². The number of nitrogens with zero attached hydrogens (tertiary/aromatic N) is 2. The summed E-state index contributed by atoms with van der Waals surface area (Å²) in [5.74, 6) is 0.210. The van der Waals surface area contributed by atoms with Gasteiger partial charge in [0.1, 0.15) is 0 Å². The molecule has 0 bridgehead atoms. The van der Waals surface area contributed by atoms with Crippen molar-refractivity contribution in [3.05, 3.63) is 23.8 Å². The Balaban J connectivity index is 2.15. The van der Waals surface area contributed by atoms with E-state index in [9.17, 15) is 9.59 Å². The molecule has 0 saturated carbocycles. The quantitative estimate of drug-likeness (QED) is 0.626. The minimum Gasteiger partial charge on any atom is -0.371 e. The van der Waals surface area contributed by atoms with E-state index in [1.165, 1.54) is 6.42 Å². The van der Waals surface area contributed by atoms with E-state index in [2.05, 4.69) is 34.3 Å². The fraction of sp³-hybridized carbons (Fsp3) is 0.652. The van der Waals surface area contributed by atoms with Gasteiger partial charge in [0.2, 0.25) is 5.91 Å². The largest absolute Gasteiger partial charge is 0.371 e. The fourth-order valence-corrected chi connectivity index (χ4v) is 3.75. The maximum absolute atomic E-state index is 13.0. The molecule has 1 heterocycles. The summed E-state index contributed by atoms with van der Waals surface area (Å²) in [6.07, 6.45) is 4.01. The van der Waals surface area contributed by atoms with Crippen molar-refractivity contribution in [1.82, 2.24) is 10.2 Å². The lowest BCUT2D eigenvalue weighted by molar-refractivity contribution is -0.116. The zero-order valence-corrected chi connectivity index (χ0v) is 18.6. The average molecular weight is 403 g/mol. The number of nitrogens with one attached hydrogen (secondary N) is 2. The Labute approximate surface area is 176 Å². The van der Waals surface area contributed by atoms with Crippen molar-refractivity contribution < 1.29 is 9.59 Å². The number of benzene rings is 1. The first-order valence-electron chi connectivity index (χ1n) is 11.1. The maximum atomic E-state index is 13.0. The van der Waals surface area contributed by atoms with Crippen molar-refractivity contribution in [2.45, 2.75) is 53.4 Å². The van der Waals surface area contributed by atoms with Crippen molar-refractivity contribution in [1.29, 1.82) is 0 Å². The molecule has 2 rings (SSSR count). The van der Waals surface area contributed by atoms with E-state index in [0.29, 0.717) is 30.1 Å². The molecule has 0 radical (unpaired) electrons. The van der Waals surface area contributed by atoms with Gasteiger partial charge in [-0.25, -0.2) is 0 Å². The Bertz CT molecular complexity index is 665. The lowest BCUT2D eigenvalue weighted by atomic mass is 10.1. The summed E-state index contributed by atoms with van der Waals surface area (Å²) in [5, 5.41) is 6.02. The van der Waals surface area contributed by atoms with E-state index in [0.717, 1.165) is 51.3 Å². The van der Waals surface area contributed by atoms with Gasteiger partial charge in [0.05, 0.1) is 5.56 Å². The summed E-state index contributed by atoms with van der Waals surface area (Å²) in [6, 6.07) is 5.72. The number of amides is 2. The SMILES string of the molecule is CCN(CC)CCNC(=O)c1cc(NC(=O)CC(C)C)ccc1N1CCCCC1. The second-order valence-electron chi connectivity index (χ2n) is 8.21. The predicted octanol–water partition coefficient (Wildman–Crippen LogP) is 3.73. The number of carbonyl (C=O) groups is 2. The van der Waals surface area contributed by atoms with Gasteiger partial charge in [-0.3, -0.25) is 9.59 Å². The molecule has 6 nitrogen and oxygen atoms in total. The molecule has 0 aliphatic carbocycles. The van der Waals surface area contributed by atoms with Crippen LogP contribution in [0.15, 0.2) is 18.2 Å². The molecule has 1 aromatic rings. The van der Waals surface area contributed by atoms with Crippen LogP contribution in [0.3, 0.4) is 0 Å². The topological polar surface area (TPSA) is 64.7 Å². The molecule has 1 aliphatic rings. The molecule has 0 atom stereocenters. The van der Waals surface area contributed by atoms with Gasteiger partial charge >= 0.3 is 0 Å². The minimum absolute atomic E-state index is 0.0152. The molecule has 2 N–H and O–H groups in total. The zero-order valence-electron chi connectivity index (χ0n) is 18.6. The molecule has 0 spiro atoms. The molecule has 1 aromatic carbocycles. The van der Waals surface area contributed by atoms with Gasteiger partial charge in [-0.15, -0.1) is 0 Å². The van der Waals surface area contributed by atoms with Gasteiger partial charge in [0.25, 0.3) is 5.91 Å². The van der Waals surface area contributed by atoms with Gasteiger partial charge < -0.3 is 20.4 Å². The first-order chi connectivity index (χ1) is 13.9. The smallest absolute Gasteiger partial charge is 0.253 e. The number of likely N-dealkylation sites (N-methyl/N-ethyl adjacent to an activating group) is 1. The average Bonchev–Trinajstić information content (AvgIpc) is 2.71. The third kappa shape index (κ3) is 7.35. The van der Waals surface area contributed by atoms with Crippen molar-refractivity contribution in [3.8, 4) is 0 Å². The van der Waals surface area contributed by atoms with Crippen LogP contribution in [0.2, 0.25) is 0 Å². The standard InChI is InChI=1S/C23H38N4O2/c1-5-26(6-2)15-12-24-23(29)20-17-19(25-22(28)16-18(3)4)10-11-21(20)27-13-8-7-9-14-27/h10-11,17-18H,5-9,12-16H2,1-4H3,(H,24,29)(H,25,28). The zero-order chi connectivity index (χ0) is 21.2. The first-order valence-corrected chi connectivity index (χ1v) is 11.1. The highest BCUT2D eigenvalue weighted by Crippen LogP contribution is 2.27. The summed E-state index contributed by atoms with van der Waals surface area (Å²) >= 11 is 0. The molecule has 0 unspecified atom stereocenters. The predicted molar refractivity (Wildman–Crippen MR) is 121 cm³/mol. The van der Waals surface area contributed by atoms with Crippen molar-refractivity contribution >= 4 is 23.2 Å². The highest BCUT2D eigenvalue weighted by molar-refractivity contribution is 6.02. The van der Waals surface area contributed by atoms with E-state index < -0.39 is 0 Å². The summed E-state index contributed by atoms with van der Waals surface area (Å²) in [5.41, 5.74) is 2.30. The summed E-state index contributed by atoms with van der Waals surface area (Å²) in [7, 11) is 0. The van der Waals surface area contributed by atoms with Crippen molar-refractivity contribution in [3.63, 3.8) is 0 Å². The Hall–Kier alpha value is -2.08. The molecular formula is C23H38N4O2. The Morgan fingerprint density at radius 3 is 2.41 bits per heavy atom. The van der Waals surface area contributed by atoms with Crippen LogP contribution in [-0.4, -0.2) is 56.0 Å². The van der Waals surface area contributed by atoms with Crippen LogP contribution in [0.5, 0.6) is 0 Å². The Kier molecular flexibility index (Phi) is 9.45. The van der Waals surface area contributed by atoms with E-state index in [-0.39, 0.29) is 11.8 Å². The Morgan fingerprint density at radius 2 is 1.79 bits per heavy atom.